The molecule has 1 fully saturated rings. The third kappa shape index (κ3) is 6.38. The number of carbonyl (C=O) groups is 1. The van der Waals surface area contributed by atoms with Gasteiger partial charge in [0.2, 0.25) is 10.0 Å². The van der Waals surface area contributed by atoms with Crippen LogP contribution >= 0.6 is 11.8 Å². The van der Waals surface area contributed by atoms with Gasteiger partial charge in [-0.25, -0.2) is 13.8 Å². The Hall–Kier alpha value is -2.72. The molecular weight excluding hydrogens is 438 g/mol. The van der Waals surface area contributed by atoms with Gasteiger partial charge in [0, 0.05) is 11.5 Å². The highest BCUT2D eigenvalue weighted by Crippen LogP contribution is 2.30. The van der Waals surface area contributed by atoms with Gasteiger partial charge in [-0.05, 0) is 42.3 Å². The lowest BCUT2D eigenvalue weighted by atomic mass is 10.2. The summed E-state index contributed by atoms with van der Waals surface area (Å²) in [5, 5.41) is 3.95. The van der Waals surface area contributed by atoms with E-state index in [-0.39, 0.29) is 6.10 Å². The minimum atomic E-state index is -3.73. The van der Waals surface area contributed by atoms with Gasteiger partial charge < -0.3 is 9.47 Å². The number of benzene rings is 2. The van der Waals surface area contributed by atoms with E-state index in [0.717, 1.165) is 38.9 Å². The van der Waals surface area contributed by atoms with Crippen molar-refractivity contribution in [1.29, 1.82) is 0 Å². The Labute approximate surface area is 186 Å². The first-order chi connectivity index (χ1) is 14.8. The molecule has 166 valence electrons. The Balaban J connectivity index is 1.67. The van der Waals surface area contributed by atoms with Crippen LogP contribution in [0.3, 0.4) is 0 Å². The highest BCUT2D eigenvalue weighted by Gasteiger charge is 2.24. The lowest BCUT2D eigenvalue weighted by Crippen LogP contribution is -2.39. The maximum Gasteiger partial charge on any atom is 0.260 e. The van der Waals surface area contributed by atoms with E-state index < -0.39 is 22.5 Å². The summed E-state index contributed by atoms with van der Waals surface area (Å²) in [6.45, 7) is 1.40. The number of amides is 1. The number of nitrogens with one attached hydrogen (secondary N) is 1. The molecule has 0 radical (unpaired) electrons. The van der Waals surface area contributed by atoms with Crippen LogP contribution in [0.5, 0.6) is 11.5 Å². The van der Waals surface area contributed by atoms with E-state index in [1.54, 1.807) is 18.2 Å². The first-order valence-corrected chi connectivity index (χ1v) is 12.6. The van der Waals surface area contributed by atoms with Crippen molar-refractivity contribution in [3.05, 3.63) is 53.6 Å². The van der Waals surface area contributed by atoms with E-state index in [1.165, 1.54) is 13.3 Å². The molecule has 0 atom stereocenters. The lowest BCUT2D eigenvalue weighted by molar-refractivity contribution is -0.119. The van der Waals surface area contributed by atoms with E-state index in [0.29, 0.717) is 11.4 Å². The summed E-state index contributed by atoms with van der Waals surface area (Å²) >= 11 is 1.84. The number of hydrogen-bond donors (Lipinski definition) is 1. The number of hydrazone groups is 1. The molecule has 0 unspecified atom stereocenters. The van der Waals surface area contributed by atoms with E-state index >= 15 is 0 Å². The van der Waals surface area contributed by atoms with Crippen molar-refractivity contribution < 1.29 is 22.7 Å². The second kappa shape index (κ2) is 10.1. The molecule has 1 amide bonds. The van der Waals surface area contributed by atoms with Gasteiger partial charge in [0.1, 0.15) is 24.1 Å². The second-order valence-corrected chi connectivity index (χ2v) is 10.1. The number of ether oxygens (including phenoxy) is 2. The van der Waals surface area contributed by atoms with E-state index in [4.69, 9.17) is 9.47 Å². The van der Waals surface area contributed by atoms with Crippen molar-refractivity contribution in [3.63, 3.8) is 0 Å². The zero-order valence-electron chi connectivity index (χ0n) is 17.6. The van der Waals surface area contributed by atoms with Crippen LogP contribution in [0.25, 0.3) is 0 Å². The van der Waals surface area contributed by atoms with Gasteiger partial charge in [-0.15, -0.1) is 0 Å². The van der Waals surface area contributed by atoms with Crippen molar-refractivity contribution in [1.82, 2.24) is 5.43 Å². The molecule has 0 aromatic heterocycles. The number of anilines is 1. The van der Waals surface area contributed by atoms with Crippen molar-refractivity contribution in [2.24, 2.45) is 5.10 Å². The minimum Gasteiger partial charge on any atom is -0.495 e. The fourth-order valence-electron chi connectivity index (χ4n) is 2.86. The topological polar surface area (TPSA) is 97.3 Å². The average molecular weight is 464 g/mol. The standard InChI is InChI=1S/C21H25N3O5S2/c1-15-7-8-20(28-2)19(9-15)24(31(3,26)27)12-21(25)23-22-11-16-5-4-6-17(10-16)29-18-13-30-14-18/h4-11,18H,12-14H2,1-3H3,(H,23,25)/b22-11-. The SMILES string of the molecule is COc1ccc(C)cc1N(CC(=O)N/N=C\c1cccc(OC2CSC2)c1)S(C)(=O)=O. The van der Waals surface area contributed by atoms with Crippen LogP contribution in [0.2, 0.25) is 0 Å². The Morgan fingerprint density at radius 3 is 2.71 bits per heavy atom. The molecule has 31 heavy (non-hydrogen) atoms. The normalized spacial score (nSPS) is 14.2. The van der Waals surface area contributed by atoms with Crippen LogP contribution in [0.4, 0.5) is 5.69 Å². The highest BCUT2D eigenvalue weighted by atomic mass is 32.2. The minimum absolute atomic E-state index is 0.234. The molecule has 1 aliphatic heterocycles. The van der Waals surface area contributed by atoms with Gasteiger partial charge in [0.25, 0.3) is 5.91 Å². The lowest BCUT2D eigenvalue weighted by Gasteiger charge is -2.25. The van der Waals surface area contributed by atoms with Crippen LogP contribution in [-0.2, 0) is 14.8 Å². The number of carbonyl (C=O) groups excluding carboxylic acids is 1. The van der Waals surface area contributed by atoms with Gasteiger partial charge in [0.05, 0.1) is 25.3 Å². The molecule has 0 saturated carbocycles. The summed E-state index contributed by atoms with van der Waals surface area (Å²) < 4.78 is 36.8. The number of sulfonamides is 1. The quantitative estimate of drug-likeness (QED) is 0.453. The monoisotopic (exact) mass is 463 g/mol. The molecule has 0 aliphatic carbocycles. The summed E-state index contributed by atoms with van der Waals surface area (Å²) in [4.78, 5) is 12.4. The predicted molar refractivity (Wildman–Crippen MR) is 124 cm³/mol. The zero-order valence-corrected chi connectivity index (χ0v) is 19.2. The molecule has 1 heterocycles. The Morgan fingerprint density at radius 2 is 2.06 bits per heavy atom. The Kier molecular flexibility index (Phi) is 7.45. The molecular formula is C21H25N3O5S2. The largest absolute Gasteiger partial charge is 0.495 e. The third-order valence-electron chi connectivity index (χ3n) is 4.46. The number of aryl methyl sites for hydroxylation is 1. The number of hydrogen-bond acceptors (Lipinski definition) is 7. The third-order valence-corrected chi connectivity index (χ3v) is 6.80. The summed E-state index contributed by atoms with van der Waals surface area (Å²) in [5.74, 6) is 2.49. The number of nitrogens with zero attached hydrogens (tertiary/aromatic N) is 2. The van der Waals surface area contributed by atoms with E-state index in [2.05, 4.69) is 10.5 Å². The van der Waals surface area contributed by atoms with Crippen LogP contribution in [0.1, 0.15) is 11.1 Å². The smallest absolute Gasteiger partial charge is 0.260 e. The fourth-order valence-corrected chi connectivity index (χ4v) is 4.28. The Morgan fingerprint density at radius 1 is 1.29 bits per heavy atom. The molecule has 0 bridgehead atoms. The van der Waals surface area contributed by atoms with Crippen molar-refractivity contribution in [2.45, 2.75) is 13.0 Å². The second-order valence-electron chi connectivity index (χ2n) is 7.09. The molecule has 1 N–H and O–H groups in total. The van der Waals surface area contributed by atoms with Crippen molar-refractivity contribution >= 4 is 39.6 Å². The fraction of sp³-hybridized carbons (Fsp3) is 0.333. The molecule has 8 nitrogen and oxygen atoms in total. The van der Waals surface area contributed by atoms with Gasteiger partial charge >= 0.3 is 0 Å². The zero-order chi connectivity index (χ0) is 22.4. The van der Waals surface area contributed by atoms with E-state index in [1.807, 2.05) is 43.0 Å². The van der Waals surface area contributed by atoms with Crippen LogP contribution in [0, 0.1) is 6.92 Å². The molecule has 2 aromatic rings. The summed E-state index contributed by atoms with van der Waals surface area (Å²) in [7, 11) is -2.29. The van der Waals surface area contributed by atoms with E-state index in [9.17, 15) is 13.2 Å². The number of thioether (sulfide) groups is 1. The molecule has 1 aliphatic rings. The molecule has 3 rings (SSSR count). The number of rotatable bonds is 9. The summed E-state index contributed by atoms with van der Waals surface area (Å²) in [6, 6.07) is 12.5. The molecule has 10 heteroatoms. The highest BCUT2D eigenvalue weighted by molar-refractivity contribution is 8.00. The predicted octanol–water partition coefficient (Wildman–Crippen LogP) is 2.41. The molecule has 1 saturated heterocycles. The molecule has 2 aromatic carbocycles. The Bertz CT molecular complexity index is 1070. The first kappa shape index (κ1) is 23.0. The van der Waals surface area contributed by atoms with Gasteiger partial charge in [-0.1, -0.05) is 18.2 Å². The van der Waals surface area contributed by atoms with Crippen molar-refractivity contribution in [3.8, 4) is 11.5 Å². The summed E-state index contributed by atoms with van der Waals surface area (Å²) in [5.41, 5.74) is 4.27. The van der Waals surface area contributed by atoms with Gasteiger partial charge in [-0.3, -0.25) is 9.10 Å². The van der Waals surface area contributed by atoms with Crippen LogP contribution in [0.15, 0.2) is 47.6 Å². The summed E-state index contributed by atoms with van der Waals surface area (Å²) in [6.07, 6.45) is 2.76. The first-order valence-electron chi connectivity index (χ1n) is 9.55. The van der Waals surface area contributed by atoms with Gasteiger partial charge in [0.15, 0.2) is 0 Å². The van der Waals surface area contributed by atoms with Crippen molar-refractivity contribution in [2.75, 3.05) is 35.7 Å². The maximum atomic E-state index is 12.4. The van der Waals surface area contributed by atoms with Gasteiger partial charge in [-0.2, -0.15) is 16.9 Å². The van der Waals surface area contributed by atoms with Crippen LogP contribution < -0.4 is 19.2 Å². The number of methoxy groups -OCH3 is 1. The van der Waals surface area contributed by atoms with Crippen LogP contribution in [-0.4, -0.2) is 58.1 Å². The maximum absolute atomic E-state index is 12.4. The molecule has 0 spiro atoms. The average Bonchev–Trinajstić information content (AvgIpc) is 2.68.